The van der Waals surface area contributed by atoms with Crippen molar-refractivity contribution < 1.29 is 12.8 Å². The number of primary sulfonamides is 1. The van der Waals surface area contributed by atoms with Gasteiger partial charge in [-0.3, -0.25) is 0 Å². The second kappa shape index (κ2) is 4.08. The Hall–Kier alpha value is -1.84. The predicted molar refractivity (Wildman–Crippen MR) is 67.6 cm³/mol. The molecule has 1 aromatic carbocycles. The fourth-order valence-corrected chi connectivity index (χ4v) is 3.10. The van der Waals surface area contributed by atoms with Crippen molar-refractivity contribution in [2.45, 2.75) is 4.34 Å². The van der Waals surface area contributed by atoms with Crippen LogP contribution in [-0.4, -0.2) is 23.0 Å². The van der Waals surface area contributed by atoms with E-state index >= 15 is 0 Å². The summed E-state index contributed by atoms with van der Waals surface area (Å²) in [7, 11) is -3.85. The van der Waals surface area contributed by atoms with Gasteiger partial charge in [0.25, 0.3) is 10.0 Å². The standard InChI is InChI=1S/C10H7FN4O2S2/c11-7-3-1-6(2-4-7)8-5-13-9-15(8)14-10(18-9)19(12,16)17/h1-5H,(H2,12,16,17). The van der Waals surface area contributed by atoms with Crippen molar-refractivity contribution >= 4 is 26.3 Å². The molecule has 0 aliphatic carbocycles. The van der Waals surface area contributed by atoms with Crippen LogP contribution in [0, 0.1) is 5.82 Å². The maximum Gasteiger partial charge on any atom is 0.267 e. The van der Waals surface area contributed by atoms with E-state index in [1.807, 2.05) is 0 Å². The maximum atomic E-state index is 12.9. The Balaban J connectivity index is 2.20. The van der Waals surface area contributed by atoms with Crippen molar-refractivity contribution in [3.05, 3.63) is 36.3 Å². The summed E-state index contributed by atoms with van der Waals surface area (Å²) in [6.07, 6.45) is 1.54. The lowest BCUT2D eigenvalue weighted by molar-refractivity contribution is 0.595. The molecular formula is C10H7FN4O2S2. The topological polar surface area (TPSA) is 90.4 Å². The molecule has 0 bridgehead atoms. The van der Waals surface area contributed by atoms with Crippen molar-refractivity contribution in [3.63, 3.8) is 0 Å². The molecule has 9 heteroatoms. The number of benzene rings is 1. The number of imidazole rings is 1. The lowest BCUT2D eigenvalue weighted by Gasteiger charge is -1.97. The molecule has 3 aromatic rings. The number of nitrogens with two attached hydrogens (primary N) is 1. The third-order valence-electron chi connectivity index (χ3n) is 2.45. The molecule has 0 atom stereocenters. The molecule has 3 rings (SSSR count). The molecule has 0 aliphatic rings. The second-order valence-electron chi connectivity index (χ2n) is 3.76. The molecule has 0 saturated heterocycles. The van der Waals surface area contributed by atoms with Gasteiger partial charge in [-0.05, 0) is 24.3 Å². The summed E-state index contributed by atoms with van der Waals surface area (Å²) in [5.41, 5.74) is 1.25. The van der Waals surface area contributed by atoms with Crippen LogP contribution < -0.4 is 5.14 Å². The van der Waals surface area contributed by atoms with Gasteiger partial charge in [0.15, 0.2) is 0 Å². The van der Waals surface area contributed by atoms with E-state index in [1.54, 1.807) is 18.3 Å². The Labute approximate surface area is 111 Å². The van der Waals surface area contributed by atoms with Crippen molar-refractivity contribution in [1.82, 2.24) is 14.6 Å². The molecule has 2 heterocycles. The van der Waals surface area contributed by atoms with E-state index in [-0.39, 0.29) is 10.2 Å². The molecule has 19 heavy (non-hydrogen) atoms. The van der Waals surface area contributed by atoms with Gasteiger partial charge in [0.2, 0.25) is 9.30 Å². The quantitative estimate of drug-likeness (QED) is 0.770. The minimum absolute atomic E-state index is 0.209. The van der Waals surface area contributed by atoms with Crippen molar-refractivity contribution in [2.24, 2.45) is 5.14 Å². The van der Waals surface area contributed by atoms with E-state index in [4.69, 9.17) is 5.14 Å². The van der Waals surface area contributed by atoms with Crippen LogP contribution in [0.5, 0.6) is 0 Å². The van der Waals surface area contributed by atoms with Crippen LogP contribution in [0.1, 0.15) is 0 Å². The first-order valence-electron chi connectivity index (χ1n) is 5.08. The number of aromatic nitrogens is 3. The van der Waals surface area contributed by atoms with Gasteiger partial charge in [0, 0.05) is 5.56 Å². The summed E-state index contributed by atoms with van der Waals surface area (Å²) in [6.45, 7) is 0. The van der Waals surface area contributed by atoms with Gasteiger partial charge in [0.05, 0.1) is 11.9 Å². The average molecular weight is 298 g/mol. The molecular weight excluding hydrogens is 291 g/mol. The first kappa shape index (κ1) is 12.2. The van der Waals surface area contributed by atoms with E-state index < -0.39 is 10.0 Å². The highest BCUT2D eigenvalue weighted by Gasteiger charge is 2.18. The lowest BCUT2D eigenvalue weighted by Crippen LogP contribution is -2.12. The highest BCUT2D eigenvalue weighted by Crippen LogP contribution is 2.25. The number of fused-ring (bicyclic) bond motifs is 1. The molecule has 0 aliphatic heterocycles. The van der Waals surface area contributed by atoms with Crippen LogP contribution in [-0.2, 0) is 10.0 Å². The maximum absolute atomic E-state index is 12.9. The monoisotopic (exact) mass is 298 g/mol. The molecule has 0 saturated carbocycles. The Morgan fingerprint density at radius 1 is 1.26 bits per heavy atom. The number of halogens is 1. The molecule has 0 amide bonds. The Morgan fingerprint density at radius 2 is 1.95 bits per heavy atom. The molecule has 0 radical (unpaired) electrons. The minimum Gasteiger partial charge on any atom is -0.225 e. The van der Waals surface area contributed by atoms with Crippen LogP contribution in [0.2, 0.25) is 0 Å². The Bertz CT molecular complexity index is 851. The molecule has 0 fully saturated rings. The van der Waals surface area contributed by atoms with E-state index in [0.717, 1.165) is 11.3 Å². The molecule has 6 nitrogen and oxygen atoms in total. The molecule has 2 aromatic heterocycles. The van der Waals surface area contributed by atoms with Crippen LogP contribution >= 0.6 is 11.3 Å². The summed E-state index contributed by atoms with van der Waals surface area (Å²) < 4.78 is 36.5. The average Bonchev–Trinajstić information content (AvgIpc) is 2.89. The zero-order valence-corrected chi connectivity index (χ0v) is 10.9. The number of nitrogens with zero attached hydrogens (tertiary/aromatic N) is 3. The van der Waals surface area contributed by atoms with Crippen LogP contribution in [0.3, 0.4) is 0 Å². The SMILES string of the molecule is NS(=O)(=O)c1nn2c(-c3ccc(F)cc3)cnc2s1. The summed E-state index contributed by atoms with van der Waals surface area (Å²) in [6, 6.07) is 5.74. The smallest absolute Gasteiger partial charge is 0.225 e. The lowest BCUT2D eigenvalue weighted by atomic mass is 10.2. The van der Waals surface area contributed by atoms with Crippen LogP contribution in [0.25, 0.3) is 16.2 Å². The van der Waals surface area contributed by atoms with E-state index in [1.165, 1.54) is 16.6 Å². The largest absolute Gasteiger partial charge is 0.267 e. The van der Waals surface area contributed by atoms with Gasteiger partial charge in [0.1, 0.15) is 5.82 Å². The first-order chi connectivity index (χ1) is 8.95. The van der Waals surface area contributed by atoms with E-state index in [9.17, 15) is 12.8 Å². The number of sulfonamides is 1. The fourth-order valence-electron chi connectivity index (χ4n) is 1.61. The van der Waals surface area contributed by atoms with Gasteiger partial charge in [-0.2, -0.15) is 0 Å². The van der Waals surface area contributed by atoms with Crippen LogP contribution in [0.15, 0.2) is 34.8 Å². The summed E-state index contributed by atoms with van der Waals surface area (Å²) in [4.78, 5) is 4.46. The molecule has 2 N–H and O–H groups in total. The summed E-state index contributed by atoms with van der Waals surface area (Å²) >= 11 is 0.877. The van der Waals surface area contributed by atoms with Crippen molar-refractivity contribution in [1.29, 1.82) is 0 Å². The highest BCUT2D eigenvalue weighted by atomic mass is 32.2. The van der Waals surface area contributed by atoms with E-state index in [0.29, 0.717) is 16.2 Å². The summed E-state index contributed by atoms with van der Waals surface area (Å²) in [5, 5.41) is 8.93. The van der Waals surface area contributed by atoms with Crippen LogP contribution in [0.4, 0.5) is 4.39 Å². The van der Waals surface area contributed by atoms with E-state index in [2.05, 4.69) is 10.1 Å². The van der Waals surface area contributed by atoms with Crippen molar-refractivity contribution in [2.75, 3.05) is 0 Å². The third kappa shape index (κ3) is 2.11. The number of rotatable bonds is 2. The molecule has 0 unspecified atom stereocenters. The first-order valence-corrected chi connectivity index (χ1v) is 7.45. The van der Waals surface area contributed by atoms with Gasteiger partial charge in [-0.25, -0.2) is 27.4 Å². The predicted octanol–water partition coefficient (Wildman–Crippen LogP) is 1.24. The third-order valence-corrected chi connectivity index (χ3v) is 4.68. The number of hydrogen-bond donors (Lipinski definition) is 1. The second-order valence-corrected chi connectivity index (χ2v) is 6.45. The van der Waals surface area contributed by atoms with Gasteiger partial charge in [-0.1, -0.05) is 11.3 Å². The minimum atomic E-state index is -3.85. The zero-order valence-electron chi connectivity index (χ0n) is 9.32. The van der Waals surface area contributed by atoms with Crippen molar-refractivity contribution in [3.8, 4) is 11.3 Å². The van der Waals surface area contributed by atoms with Gasteiger partial charge >= 0.3 is 0 Å². The fraction of sp³-hybridized carbons (Fsp3) is 0. The van der Waals surface area contributed by atoms with Gasteiger partial charge < -0.3 is 0 Å². The normalized spacial score (nSPS) is 12.1. The summed E-state index contributed by atoms with van der Waals surface area (Å²) in [5.74, 6) is -0.354. The highest BCUT2D eigenvalue weighted by molar-refractivity contribution is 7.91. The zero-order chi connectivity index (χ0) is 13.6. The van der Waals surface area contributed by atoms with Gasteiger partial charge in [-0.15, -0.1) is 5.10 Å². The Kier molecular flexibility index (Phi) is 2.62. The number of hydrogen-bond acceptors (Lipinski definition) is 5. The Morgan fingerprint density at radius 3 is 2.58 bits per heavy atom. The molecule has 0 spiro atoms. The molecule has 98 valence electrons.